The standard InChI is InChI=1S/C9H12ClNO2/c1-11(12)6-7-8(10)4-3-5-9(7)13-2/h3-5,12H,6H2,1-2H3. The number of rotatable bonds is 3. The summed E-state index contributed by atoms with van der Waals surface area (Å²) < 4.78 is 5.10. The maximum Gasteiger partial charge on any atom is 0.124 e. The molecule has 1 aromatic carbocycles. The maximum atomic E-state index is 9.07. The predicted molar refractivity (Wildman–Crippen MR) is 51.3 cm³/mol. The summed E-state index contributed by atoms with van der Waals surface area (Å²) in [5, 5.41) is 10.7. The van der Waals surface area contributed by atoms with Gasteiger partial charge in [-0.15, -0.1) is 0 Å². The van der Waals surface area contributed by atoms with E-state index >= 15 is 0 Å². The van der Waals surface area contributed by atoms with E-state index in [0.29, 0.717) is 17.3 Å². The van der Waals surface area contributed by atoms with Gasteiger partial charge in [0.05, 0.1) is 13.7 Å². The van der Waals surface area contributed by atoms with Gasteiger partial charge in [-0.3, -0.25) is 0 Å². The van der Waals surface area contributed by atoms with Crippen molar-refractivity contribution in [3.05, 3.63) is 28.8 Å². The van der Waals surface area contributed by atoms with Crippen LogP contribution in [0.15, 0.2) is 18.2 Å². The van der Waals surface area contributed by atoms with E-state index in [1.54, 1.807) is 20.2 Å². The van der Waals surface area contributed by atoms with Gasteiger partial charge in [-0.05, 0) is 12.1 Å². The Morgan fingerprint density at radius 3 is 2.77 bits per heavy atom. The van der Waals surface area contributed by atoms with Crippen molar-refractivity contribution >= 4 is 11.6 Å². The van der Waals surface area contributed by atoms with E-state index in [-0.39, 0.29) is 0 Å². The van der Waals surface area contributed by atoms with E-state index in [0.717, 1.165) is 10.6 Å². The fourth-order valence-electron chi connectivity index (χ4n) is 1.11. The number of methoxy groups -OCH3 is 1. The highest BCUT2D eigenvalue weighted by Gasteiger charge is 2.08. The predicted octanol–water partition coefficient (Wildman–Crippen LogP) is 2.17. The molecule has 0 aliphatic heterocycles. The molecule has 0 fully saturated rings. The minimum Gasteiger partial charge on any atom is -0.496 e. The summed E-state index contributed by atoms with van der Waals surface area (Å²) in [4.78, 5) is 0. The molecule has 1 N–H and O–H groups in total. The first-order valence-corrected chi connectivity index (χ1v) is 4.24. The van der Waals surface area contributed by atoms with E-state index < -0.39 is 0 Å². The lowest BCUT2D eigenvalue weighted by Gasteiger charge is -2.13. The first-order valence-electron chi connectivity index (χ1n) is 3.86. The van der Waals surface area contributed by atoms with Crippen LogP contribution in [0, 0.1) is 0 Å². The third-order valence-corrected chi connectivity index (χ3v) is 2.04. The summed E-state index contributed by atoms with van der Waals surface area (Å²) in [7, 11) is 3.13. The minimum atomic E-state index is 0.350. The highest BCUT2D eigenvalue weighted by molar-refractivity contribution is 6.31. The molecular weight excluding hydrogens is 190 g/mol. The van der Waals surface area contributed by atoms with Gasteiger partial charge in [0.2, 0.25) is 0 Å². The van der Waals surface area contributed by atoms with Crippen LogP contribution < -0.4 is 4.74 Å². The molecule has 0 amide bonds. The Kier molecular flexibility index (Phi) is 3.54. The Bertz CT molecular complexity index is 289. The molecule has 0 atom stereocenters. The molecular formula is C9H12ClNO2. The second-order valence-electron chi connectivity index (χ2n) is 2.74. The van der Waals surface area contributed by atoms with Gasteiger partial charge in [0.15, 0.2) is 0 Å². The molecule has 4 heteroatoms. The first kappa shape index (κ1) is 10.3. The number of hydrogen-bond donors (Lipinski definition) is 1. The van der Waals surface area contributed by atoms with E-state index in [1.165, 1.54) is 0 Å². The van der Waals surface area contributed by atoms with Crippen LogP contribution in [0.1, 0.15) is 5.56 Å². The van der Waals surface area contributed by atoms with E-state index in [4.69, 9.17) is 21.5 Å². The van der Waals surface area contributed by atoms with Gasteiger partial charge >= 0.3 is 0 Å². The van der Waals surface area contributed by atoms with Crippen LogP contribution >= 0.6 is 11.6 Å². The Labute approximate surface area is 82.5 Å². The normalized spacial score (nSPS) is 10.5. The summed E-state index contributed by atoms with van der Waals surface area (Å²) >= 11 is 5.93. The van der Waals surface area contributed by atoms with Crippen LogP contribution in [0.25, 0.3) is 0 Å². The summed E-state index contributed by atoms with van der Waals surface area (Å²) in [6.45, 7) is 0.350. The summed E-state index contributed by atoms with van der Waals surface area (Å²) in [5.41, 5.74) is 0.789. The number of nitrogens with zero attached hydrogens (tertiary/aromatic N) is 1. The van der Waals surface area contributed by atoms with Gasteiger partial charge < -0.3 is 9.94 Å². The van der Waals surface area contributed by atoms with Crippen LogP contribution in [0.3, 0.4) is 0 Å². The molecule has 13 heavy (non-hydrogen) atoms. The van der Waals surface area contributed by atoms with Crippen molar-refractivity contribution in [3.63, 3.8) is 0 Å². The fourth-order valence-corrected chi connectivity index (χ4v) is 1.34. The van der Waals surface area contributed by atoms with Gasteiger partial charge in [0, 0.05) is 17.6 Å². The highest BCUT2D eigenvalue weighted by atomic mass is 35.5. The zero-order valence-corrected chi connectivity index (χ0v) is 8.38. The summed E-state index contributed by atoms with van der Waals surface area (Å²) in [6.07, 6.45) is 0. The van der Waals surface area contributed by atoms with E-state index in [2.05, 4.69) is 0 Å². The molecule has 0 radical (unpaired) electrons. The Hall–Kier alpha value is -0.770. The molecule has 0 heterocycles. The second-order valence-corrected chi connectivity index (χ2v) is 3.14. The molecule has 0 saturated carbocycles. The molecule has 0 bridgehead atoms. The second kappa shape index (κ2) is 4.46. The van der Waals surface area contributed by atoms with E-state index in [9.17, 15) is 0 Å². The highest BCUT2D eigenvalue weighted by Crippen LogP contribution is 2.26. The Balaban J connectivity index is 3.00. The lowest BCUT2D eigenvalue weighted by molar-refractivity contribution is -0.0735. The van der Waals surface area contributed by atoms with Gasteiger partial charge in [-0.25, -0.2) is 0 Å². The van der Waals surface area contributed by atoms with Crippen molar-refractivity contribution in [2.24, 2.45) is 0 Å². The number of benzene rings is 1. The maximum absolute atomic E-state index is 9.07. The molecule has 3 nitrogen and oxygen atoms in total. The van der Waals surface area contributed by atoms with Gasteiger partial charge in [-0.1, -0.05) is 17.7 Å². The summed E-state index contributed by atoms with van der Waals surface area (Å²) in [6, 6.07) is 5.38. The monoisotopic (exact) mass is 201 g/mol. The van der Waals surface area contributed by atoms with Crippen LogP contribution in [0.5, 0.6) is 5.75 Å². The molecule has 0 aliphatic rings. The van der Waals surface area contributed by atoms with Gasteiger partial charge in [-0.2, -0.15) is 5.06 Å². The molecule has 72 valence electrons. The van der Waals surface area contributed by atoms with Crippen molar-refractivity contribution in [1.29, 1.82) is 0 Å². The average molecular weight is 202 g/mol. The Morgan fingerprint density at radius 2 is 2.23 bits per heavy atom. The largest absolute Gasteiger partial charge is 0.496 e. The van der Waals surface area contributed by atoms with Crippen LogP contribution in [0.2, 0.25) is 5.02 Å². The fraction of sp³-hybridized carbons (Fsp3) is 0.333. The number of hydrogen-bond acceptors (Lipinski definition) is 3. The van der Waals surface area contributed by atoms with Crippen molar-refractivity contribution in [3.8, 4) is 5.75 Å². The molecule has 0 aromatic heterocycles. The zero-order valence-electron chi connectivity index (χ0n) is 7.62. The molecule has 1 rings (SSSR count). The molecule has 0 aliphatic carbocycles. The number of halogens is 1. The molecule has 0 saturated heterocycles. The SMILES string of the molecule is COc1cccc(Cl)c1CN(C)O. The zero-order chi connectivity index (χ0) is 9.84. The molecule has 0 spiro atoms. The third-order valence-electron chi connectivity index (χ3n) is 1.68. The van der Waals surface area contributed by atoms with Gasteiger partial charge in [0.1, 0.15) is 5.75 Å². The third kappa shape index (κ3) is 2.59. The Morgan fingerprint density at radius 1 is 1.54 bits per heavy atom. The molecule has 1 aromatic rings. The quantitative estimate of drug-likeness (QED) is 0.761. The van der Waals surface area contributed by atoms with Crippen molar-refractivity contribution < 1.29 is 9.94 Å². The molecule has 0 unspecified atom stereocenters. The van der Waals surface area contributed by atoms with E-state index in [1.807, 2.05) is 12.1 Å². The summed E-state index contributed by atoms with van der Waals surface area (Å²) in [5.74, 6) is 0.688. The lowest BCUT2D eigenvalue weighted by Crippen LogP contribution is -2.12. The average Bonchev–Trinajstić information content (AvgIpc) is 2.08. The van der Waals surface area contributed by atoms with Gasteiger partial charge in [0.25, 0.3) is 0 Å². The smallest absolute Gasteiger partial charge is 0.124 e. The van der Waals surface area contributed by atoms with Crippen molar-refractivity contribution in [1.82, 2.24) is 5.06 Å². The minimum absolute atomic E-state index is 0.350. The first-order chi connectivity index (χ1) is 6.15. The van der Waals surface area contributed by atoms with Crippen LogP contribution in [0.4, 0.5) is 0 Å². The van der Waals surface area contributed by atoms with Crippen molar-refractivity contribution in [2.45, 2.75) is 6.54 Å². The topological polar surface area (TPSA) is 32.7 Å². The lowest BCUT2D eigenvalue weighted by atomic mass is 10.2. The number of hydroxylamine groups is 2. The number of ether oxygens (including phenoxy) is 1. The van der Waals surface area contributed by atoms with Crippen molar-refractivity contribution in [2.75, 3.05) is 14.2 Å². The van der Waals surface area contributed by atoms with Crippen LogP contribution in [-0.4, -0.2) is 24.4 Å². The van der Waals surface area contributed by atoms with Crippen LogP contribution in [-0.2, 0) is 6.54 Å².